The lowest BCUT2D eigenvalue weighted by atomic mass is 9.75. The highest BCUT2D eigenvalue weighted by atomic mass is 32.1. The third-order valence-electron chi connectivity index (χ3n) is 5.39. The number of nitrogens with zero attached hydrogens (tertiary/aromatic N) is 4. The summed E-state index contributed by atoms with van der Waals surface area (Å²) < 4.78 is 7.46. The Morgan fingerprint density at radius 2 is 1.93 bits per heavy atom. The quantitative estimate of drug-likeness (QED) is 0.670. The van der Waals surface area contributed by atoms with Crippen LogP contribution in [0.25, 0.3) is 16.3 Å². The Balaban J connectivity index is 1.55. The first kappa shape index (κ1) is 20.0. The molecule has 1 aliphatic heterocycles. The Morgan fingerprint density at radius 1 is 1.17 bits per heavy atom. The highest BCUT2D eigenvalue weighted by Crippen LogP contribution is 2.37. The lowest BCUT2D eigenvalue weighted by Gasteiger charge is -2.46. The predicted octanol–water partition coefficient (Wildman–Crippen LogP) is 4.50. The minimum atomic E-state index is 0.144. The van der Waals surface area contributed by atoms with E-state index in [0.717, 1.165) is 46.3 Å². The van der Waals surface area contributed by atoms with Crippen molar-refractivity contribution >= 4 is 11.3 Å². The van der Waals surface area contributed by atoms with Crippen LogP contribution in [0.2, 0.25) is 0 Å². The van der Waals surface area contributed by atoms with Gasteiger partial charge < -0.3 is 10.1 Å². The molecule has 0 atom stereocenters. The van der Waals surface area contributed by atoms with Gasteiger partial charge in [0.1, 0.15) is 10.8 Å². The topological polar surface area (TPSA) is 64.9 Å². The van der Waals surface area contributed by atoms with Gasteiger partial charge in [-0.05, 0) is 64.7 Å². The summed E-state index contributed by atoms with van der Waals surface area (Å²) in [6.45, 7) is 9.16. The normalized spacial score (nSPS) is 18.7. The molecular formula is C22H29N5OS. The minimum absolute atomic E-state index is 0.144. The molecule has 1 saturated heterocycles. The lowest BCUT2D eigenvalue weighted by molar-refractivity contribution is 0.128. The van der Waals surface area contributed by atoms with Crippen molar-refractivity contribution in [2.24, 2.45) is 5.92 Å². The first-order valence-electron chi connectivity index (χ1n) is 10.0. The van der Waals surface area contributed by atoms with Gasteiger partial charge in [-0.3, -0.25) is 0 Å². The molecule has 3 aromatic rings. The fraction of sp³-hybridized carbons (Fsp3) is 0.500. The number of nitrogens with one attached hydrogen (secondary N) is 1. The maximum atomic E-state index is 5.64. The molecule has 0 bridgehead atoms. The molecule has 0 aliphatic carbocycles. The molecular weight excluding hydrogens is 382 g/mol. The van der Waals surface area contributed by atoms with Crippen molar-refractivity contribution in [1.29, 1.82) is 0 Å². The van der Waals surface area contributed by atoms with Gasteiger partial charge >= 0.3 is 0 Å². The van der Waals surface area contributed by atoms with Crippen molar-refractivity contribution in [3.8, 4) is 22.0 Å². The molecule has 4 rings (SSSR count). The Labute approximate surface area is 176 Å². The van der Waals surface area contributed by atoms with E-state index in [1.165, 1.54) is 0 Å². The zero-order valence-electron chi connectivity index (χ0n) is 17.8. The third-order valence-corrected chi connectivity index (χ3v) is 6.37. The van der Waals surface area contributed by atoms with Gasteiger partial charge in [-0.25, -0.2) is 4.68 Å². The second-order valence-corrected chi connectivity index (χ2v) is 10.3. The Morgan fingerprint density at radius 3 is 2.59 bits per heavy atom. The molecule has 0 unspecified atom stereocenters. The molecule has 1 aromatic carbocycles. The number of piperidine rings is 1. The fourth-order valence-corrected chi connectivity index (χ4v) is 5.77. The van der Waals surface area contributed by atoms with Crippen molar-refractivity contribution in [3.05, 3.63) is 41.7 Å². The highest BCUT2D eigenvalue weighted by Gasteiger charge is 2.37. The summed E-state index contributed by atoms with van der Waals surface area (Å²) in [5.74, 6) is 1.39. The third kappa shape index (κ3) is 4.51. The molecule has 0 amide bonds. The minimum Gasteiger partial charge on any atom is -0.496 e. The van der Waals surface area contributed by atoms with Gasteiger partial charge in [-0.2, -0.15) is 5.10 Å². The fourth-order valence-electron chi connectivity index (χ4n) is 4.79. The molecule has 7 heteroatoms. The molecule has 29 heavy (non-hydrogen) atoms. The van der Waals surface area contributed by atoms with Crippen LogP contribution in [0.3, 0.4) is 0 Å². The first-order chi connectivity index (χ1) is 13.7. The van der Waals surface area contributed by atoms with Gasteiger partial charge in [0, 0.05) is 36.0 Å². The van der Waals surface area contributed by atoms with Crippen LogP contribution in [0, 0.1) is 5.92 Å². The van der Waals surface area contributed by atoms with Crippen LogP contribution in [0.1, 0.15) is 45.5 Å². The van der Waals surface area contributed by atoms with Gasteiger partial charge in [0.05, 0.1) is 18.4 Å². The molecule has 3 heterocycles. The van der Waals surface area contributed by atoms with Gasteiger partial charge in [0.15, 0.2) is 5.01 Å². The molecule has 2 aromatic heterocycles. The summed E-state index contributed by atoms with van der Waals surface area (Å²) >= 11 is 1.67. The van der Waals surface area contributed by atoms with Gasteiger partial charge in [-0.1, -0.05) is 11.3 Å². The van der Waals surface area contributed by atoms with Crippen LogP contribution < -0.4 is 10.1 Å². The average molecular weight is 412 g/mol. The maximum Gasteiger partial charge on any atom is 0.151 e. The average Bonchev–Trinajstić information content (AvgIpc) is 3.30. The largest absolute Gasteiger partial charge is 0.496 e. The van der Waals surface area contributed by atoms with E-state index in [-0.39, 0.29) is 11.1 Å². The molecule has 1 aliphatic rings. The smallest absolute Gasteiger partial charge is 0.151 e. The van der Waals surface area contributed by atoms with Crippen LogP contribution in [-0.2, 0) is 6.42 Å². The summed E-state index contributed by atoms with van der Waals surface area (Å²) in [4.78, 5) is 0. The monoisotopic (exact) mass is 411 g/mol. The Kier molecular flexibility index (Phi) is 5.21. The number of ether oxygens (including phenoxy) is 1. The zero-order chi connectivity index (χ0) is 20.6. The first-order valence-corrected chi connectivity index (χ1v) is 10.9. The van der Waals surface area contributed by atoms with E-state index in [2.05, 4.69) is 48.3 Å². The van der Waals surface area contributed by atoms with Gasteiger partial charge in [0.25, 0.3) is 0 Å². The lowest BCUT2D eigenvalue weighted by Crippen LogP contribution is -2.58. The van der Waals surface area contributed by atoms with Crippen LogP contribution >= 0.6 is 11.3 Å². The summed E-state index contributed by atoms with van der Waals surface area (Å²) in [7, 11) is 1.69. The predicted molar refractivity (Wildman–Crippen MR) is 117 cm³/mol. The Bertz CT molecular complexity index is 961. The van der Waals surface area contributed by atoms with E-state index < -0.39 is 0 Å². The molecule has 0 saturated carbocycles. The number of hydrogen-bond donors (Lipinski definition) is 1. The number of aromatic nitrogens is 4. The van der Waals surface area contributed by atoms with Crippen molar-refractivity contribution in [2.45, 2.75) is 58.0 Å². The number of hydrogen-bond acceptors (Lipinski definition) is 6. The van der Waals surface area contributed by atoms with Gasteiger partial charge in [-0.15, -0.1) is 10.2 Å². The second kappa shape index (κ2) is 7.54. The zero-order valence-corrected chi connectivity index (χ0v) is 18.6. The summed E-state index contributed by atoms with van der Waals surface area (Å²) in [6.07, 6.45) is 6.95. The van der Waals surface area contributed by atoms with E-state index >= 15 is 0 Å². The SMILES string of the molecule is COc1cc(-n2cccn2)ccc1-c1nnc(CC2CC(C)(C)NC(C)(C)C2)s1. The van der Waals surface area contributed by atoms with Crippen molar-refractivity contribution in [2.75, 3.05) is 7.11 Å². The summed E-state index contributed by atoms with van der Waals surface area (Å²) in [5.41, 5.74) is 2.22. The highest BCUT2D eigenvalue weighted by molar-refractivity contribution is 7.14. The molecule has 0 radical (unpaired) electrons. The molecule has 6 nitrogen and oxygen atoms in total. The van der Waals surface area contributed by atoms with E-state index in [1.807, 2.05) is 35.1 Å². The molecule has 1 fully saturated rings. The molecule has 154 valence electrons. The van der Waals surface area contributed by atoms with Crippen LogP contribution in [-0.4, -0.2) is 38.2 Å². The second-order valence-electron chi connectivity index (χ2n) is 9.21. The van der Waals surface area contributed by atoms with Gasteiger partial charge in [0.2, 0.25) is 0 Å². The van der Waals surface area contributed by atoms with Crippen molar-refractivity contribution < 1.29 is 4.74 Å². The van der Waals surface area contributed by atoms with E-state index in [1.54, 1.807) is 24.6 Å². The summed E-state index contributed by atoms with van der Waals surface area (Å²) in [6, 6.07) is 7.96. The van der Waals surface area contributed by atoms with Crippen LogP contribution in [0.5, 0.6) is 5.75 Å². The van der Waals surface area contributed by atoms with Crippen molar-refractivity contribution in [3.63, 3.8) is 0 Å². The Hall–Kier alpha value is -2.25. The maximum absolute atomic E-state index is 5.64. The molecule has 1 N–H and O–H groups in total. The molecule has 0 spiro atoms. The summed E-state index contributed by atoms with van der Waals surface area (Å²) in [5, 5.41) is 19.0. The van der Waals surface area contributed by atoms with E-state index in [9.17, 15) is 0 Å². The number of methoxy groups -OCH3 is 1. The standard InChI is InChI=1S/C22H29N5OS/c1-21(2)13-15(14-22(3,4)26-21)11-19-24-25-20(29-19)17-8-7-16(12-18(17)28-5)27-10-6-9-23-27/h6-10,12,15,26H,11,13-14H2,1-5H3. The van der Waals surface area contributed by atoms with E-state index in [4.69, 9.17) is 4.74 Å². The number of rotatable bonds is 5. The van der Waals surface area contributed by atoms with Crippen LogP contribution in [0.4, 0.5) is 0 Å². The van der Waals surface area contributed by atoms with Crippen molar-refractivity contribution in [1.82, 2.24) is 25.3 Å². The number of benzene rings is 1. The van der Waals surface area contributed by atoms with E-state index in [0.29, 0.717) is 5.92 Å². The van der Waals surface area contributed by atoms with Crippen LogP contribution in [0.15, 0.2) is 36.7 Å².